The van der Waals surface area contributed by atoms with Crippen LogP contribution in [0.2, 0.25) is 0 Å². The van der Waals surface area contributed by atoms with Gasteiger partial charge in [-0.15, -0.1) is 0 Å². The fourth-order valence-corrected chi connectivity index (χ4v) is 1.93. The van der Waals surface area contributed by atoms with Gasteiger partial charge in [-0.1, -0.05) is 36.4 Å². The predicted octanol–water partition coefficient (Wildman–Crippen LogP) is 1.83. The molecule has 1 heterocycles. The highest BCUT2D eigenvalue weighted by Crippen LogP contribution is 2.19. The molecule has 0 aliphatic carbocycles. The molecule has 2 aromatic rings. The van der Waals surface area contributed by atoms with Crippen LogP contribution in [0.25, 0.3) is 0 Å². The molecular weight excluding hydrogens is 310 g/mol. The molecule has 24 heavy (non-hydrogen) atoms. The fourth-order valence-electron chi connectivity index (χ4n) is 1.93. The average Bonchev–Trinajstić information content (AvgIpc) is 2.61. The van der Waals surface area contributed by atoms with Crippen molar-refractivity contribution in [2.75, 3.05) is 6.54 Å². The van der Waals surface area contributed by atoms with Gasteiger partial charge >= 0.3 is 12.0 Å². The third kappa shape index (κ3) is 4.64. The summed E-state index contributed by atoms with van der Waals surface area (Å²) in [5.41, 5.74) is 0.521. The minimum atomic E-state index is -1.26. The van der Waals surface area contributed by atoms with Crippen molar-refractivity contribution in [3.63, 3.8) is 0 Å². The number of urea groups is 1. The van der Waals surface area contributed by atoms with Crippen molar-refractivity contribution >= 4 is 17.9 Å². The normalized spacial score (nSPS) is 11.2. The van der Waals surface area contributed by atoms with Gasteiger partial charge in [0.25, 0.3) is 5.91 Å². The molecule has 3 amide bonds. The summed E-state index contributed by atoms with van der Waals surface area (Å²) in [6.07, 6.45) is 0.186. The van der Waals surface area contributed by atoms with Gasteiger partial charge in [-0.2, -0.15) is 0 Å². The number of esters is 1. The van der Waals surface area contributed by atoms with E-state index in [1.165, 1.54) is 12.3 Å². The summed E-state index contributed by atoms with van der Waals surface area (Å²) in [6, 6.07) is 12.6. The van der Waals surface area contributed by atoms with E-state index in [9.17, 15) is 14.4 Å². The van der Waals surface area contributed by atoms with E-state index in [2.05, 4.69) is 15.6 Å². The van der Waals surface area contributed by atoms with Crippen LogP contribution in [0.3, 0.4) is 0 Å². The van der Waals surface area contributed by atoms with Gasteiger partial charge in [0.05, 0.1) is 0 Å². The summed E-state index contributed by atoms with van der Waals surface area (Å²) >= 11 is 0. The van der Waals surface area contributed by atoms with Crippen molar-refractivity contribution in [3.8, 4) is 0 Å². The zero-order chi connectivity index (χ0) is 17.4. The van der Waals surface area contributed by atoms with Crippen LogP contribution in [0.1, 0.15) is 29.1 Å². The number of nitrogens with zero attached hydrogens (tertiary/aromatic N) is 1. The number of benzene rings is 1. The minimum Gasteiger partial charge on any atom is -0.443 e. The summed E-state index contributed by atoms with van der Waals surface area (Å²) in [5, 5.41) is 4.59. The molecule has 0 unspecified atom stereocenters. The molecule has 124 valence electrons. The number of ether oxygens (including phenoxy) is 1. The second-order valence-corrected chi connectivity index (χ2v) is 4.76. The maximum Gasteiger partial charge on any atom is 0.358 e. The van der Waals surface area contributed by atoms with E-state index >= 15 is 0 Å². The Balaban J connectivity index is 2.19. The zero-order valence-corrected chi connectivity index (χ0v) is 13.1. The Kier molecular flexibility index (Phi) is 6.01. The summed E-state index contributed by atoms with van der Waals surface area (Å²) < 4.78 is 5.27. The second kappa shape index (κ2) is 8.42. The largest absolute Gasteiger partial charge is 0.443 e. The number of imide groups is 1. The van der Waals surface area contributed by atoms with Gasteiger partial charge < -0.3 is 10.1 Å². The van der Waals surface area contributed by atoms with E-state index in [-0.39, 0.29) is 5.69 Å². The SMILES string of the molecule is CCNC(=O)NC(=O)[C@H](OC(=O)c1ccccn1)c1ccccc1. The van der Waals surface area contributed by atoms with Crippen molar-refractivity contribution in [1.29, 1.82) is 0 Å². The first-order valence-electron chi connectivity index (χ1n) is 7.37. The van der Waals surface area contributed by atoms with Gasteiger partial charge in [-0.3, -0.25) is 10.1 Å². The molecule has 0 saturated heterocycles. The molecule has 1 atom stereocenters. The first-order valence-corrected chi connectivity index (χ1v) is 7.37. The summed E-state index contributed by atoms with van der Waals surface area (Å²) in [5.74, 6) is -1.49. The Morgan fingerprint density at radius 3 is 2.42 bits per heavy atom. The highest BCUT2D eigenvalue weighted by atomic mass is 16.5. The number of hydrogen-bond donors (Lipinski definition) is 2. The average molecular weight is 327 g/mol. The maximum atomic E-state index is 12.3. The molecule has 0 bridgehead atoms. The molecule has 1 aromatic heterocycles. The van der Waals surface area contributed by atoms with Crippen molar-refractivity contribution in [2.24, 2.45) is 0 Å². The van der Waals surface area contributed by atoms with E-state index in [0.717, 1.165) is 0 Å². The molecule has 2 N–H and O–H groups in total. The Morgan fingerprint density at radius 2 is 1.79 bits per heavy atom. The fraction of sp³-hybridized carbons (Fsp3) is 0.176. The molecule has 0 spiro atoms. The summed E-state index contributed by atoms with van der Waals surface area (Å²) in [4.78, 5) is 39.9. The maximum absolute atomic E-state index is 12.3. The molecule has 0 aliphatic rings. The number of aromatic nitrogens is 1. The van der Waals surface area contributed by atoms with Crippen LogP contribution in [-0.2, 0) is 9.53 Å². The standard InChI is InChI=1S/C17H17N3O4/c1-2-18-17(23)20-15(21)14(12-8-4-3-5-9-12)24-16(22)13-10-6-7-11-19-13/h3-11,14H,2H2,1H3,(H2,18,20,21,23)/t14-/m1/s1. The second-order valence-electron chi connectivity index (χ2n) is 4.76. The smallest absolute Gasteiger partial charge is 0.358 e. The van der Waals surface area contributed by atoms with Crippen LogP contribution in [-0.4, -0.2) is 29.4 Å². The Labute approximate surface area is 139 Å². The van der Waals surface area contributed by atoms with Crippen LogP contribution in [0.4, 0.5) is 4.79 Å². The lowest BCUT2D eigenvalue weighted by atomic mass is 10.1. The zero-order valence-electron chi connectivity index (χ0n) is 13.1. The predicted molar refractivity (Wildman–Crippen MR) is 86.1 cm³/mol. The van der Waals surface area contributed by atoms with Gasteiger partial charge in [-0.05, 0) is 19.1 Å². The molecule has 1 aromatic carbocycles. The van der Waals surface area contributed by atoms with Crippen molar-refractivity contribution in [1.82, 2.24) is 15.6 Å². The molecule has 7 nitrogen and oxygen atoms in total. The Bertz CT molecular complexity index is 704. The number of pyridine rings is 1. The van der Waals surface area contributed by atoms with Gasteiger partial charge in [0.15, 0.2) is 0 Å². The van der Waals surface area contributed by atoms with Gasteiger partial charge in [0.2, 0.25) is 6.10 Å². The summed E-state index contributed by atoms with van der Waals surface area (Å²) in [6.45, 7) is 2.09. The van der Waals surface area contributed by atoms with Gasteiger partial charge in [-0.25, -0.2) is 14.6 Å². The van der Waals surface area contributed by atoms with Gasteiger partial charge in [0.1, 0.15) is 5.69 Å². The monoisotopic (exact) mass is 327 g/mol. The van der Waals surface area contributed by atoms with E-state index < -0.39 is 24.0 Å². The van der Waals surface area contributed by atoms with Crippen LogP contribution in [0.15, 0.2) is 54.7 Å². The number of carbonyl (C=O) groups excluding carboxylic acids is 3. The lowest BCUT2D eigenvalue weighted by Crippen LogP contribution is -2.42. The molecule has 0 aliphatic heterocycles. The third-order valence-corrected chi connectivity index (χ3v) is 3.01. The van der Waals surface area contributed by atoms with E-state index in [1.54, 1.807) is 49.4 Å². The first kappa shape index (κ1) is 17.1. The van der Waals surface area contributed by atoms with Gasteiger partial charge in [0, 0.05) is 18.3 Å². The highest BCUT2D eigenvalue weighted by Gasteiger charge is 2.27. The van der Waals surface area contributed by atoms with Crippen molar-refractivity contribution < 1.29 is 19.1 Å². The van der Waals surface area contributed by atoms with Crippen molar-refractivity contribution in [2.45, 2.75) is 13.0 Å². The molecule has 0 fully saturated rings. The molecule has 0 saturated carbocycles. The first-order chi connectivity index (χ1) is 11.6. The van der Waals surface area contributed by atoms with E-state index in [4.69, 9.17) is 4.74 Å². The van der Waals surface area contributed by atoms with Crippen LogP contribution in [0, 0.1) is 0 Å². The number of nitrogens with one attached hydrogen (secondary N) is 2. The lowest BCUT2D eigenvalue weighted by Gasteiger charge is -2.17. The van der Waals surface area contributed by atoms with Crippen LogP contribution < -0.4 is 10.6 Å². The minimum absolute atomic E-state index is 0.0734. The lowest BCUT2D eigenvalue weighted by molar-refractivity contribution is -0.129. The molecular formula is C17H17N3O4. The number of carbonyl (C=O) groups is 3. The molecule has 2 rings (SSSR count). The van der Waals surface area contributed by atoms with Crippen molar-refractivity contribution in [3.05, 3.63) is 66.0 Å². The van der Waals surface area contributed by atoms with Crippen LogP contribution >= 0.6 is 0 Å². The number of amides is 3. The quantitative estimate of drug-likeness (QED) is 0.817. The van der Waals surface area contributed by atoms with E-state index in [0.29, 0.717) is 12.1 Å². The molecule has 0 radical (unpaired) electrons. The summed E-state index contributed by atoms with van der Waals surface area (Å²) in [7, 11) is 0. The topological polar surface area (TPSA) is 97.4 Å². The van der Waals surface area contributed by atoms with Crippen LogP contribution in [0.5, 0.6) is 0 Å². The molecule has 7 heteroatoms. The van der Waals surface area contributed by atoms with E-state index in [1.807, 2.05) is 0 Å². The third-order valence-electron chi connectivity index (χ3n) is 3.01. The number of rotatable bonds is 5. The Morgan fingerprint density at radius 1 is 1.08 bits per heavy atom. The highest BCUT2D eigenvalue weighted by molar-refractivity contribution is 5.98. The Hall–Kier alpha value is -3.22. The number of hydrogen-bond acceptors (Lipinski definition) is 5.